The van der Waals surface area contributed by atoms with E-state index in [4.69, 9.17) is 19.9 Å². The summed E-state index contributed by atoms with van der Waals surface area (Å²) in [6, 6.07) is 25.5. The molecule has 0 aliphatic rings. The fourth-order valence-corrected chi connectivity index (χ4v) is 10.5. The molecule has 0 fully saturated rings. The van der Waals surface area contributed by atoms with E-state index in [2.05, 4.69) is 25.1 Å². The van der Waals surface area contributed by atoms with E-state index in [0.29, 0.717) is 33.9 Å². The molecular weight excluding hydrogens is 863 g/mol. The summed E-state index contributed by atoms with van der Waals surface area (Å²) in [5.74, 6) is 1.71. The fraction of sp³-hybridized carbons (Fsp3) is 0.295. The zero-order valence-corrected chi connectivity index (χ0v) is 38.1. The van der Waals surface area contributed by atoms with E-state index in [1.165, 1.54) is 50.3 Å². The number of anilines is 1. The van der Waals surface area contributed by atoms with Crippen LogP contribution in [0.1, 0.15) is 44.4 Å². The Morgan fingerprint density at radius 2 is 1.33 bits per heavy atom. The molecule has 6 rings (SSSR count). The molecule has 0 aliphatic carbocycles. The Labute approximate surface area is 372 Å². The number of pyridine rings is 1. The molecule has 0 aliphatic heterocycles. The monoisotopic (exact) mass is 913 g/mol. The van der Waals surface area contributed by atoms with Gasteiger partial charge in [-0.05, 0) is 110 Å². The predicted octanol–water partition coefficient (Wildman–Crippen LogP) is 5.89. The first-order valence-corrected chi connectivity index (χ1v) is 22.8. The van der Waals surface area contributed by atoms with Gasteiger partial charge in [-0.2, -0.15) is 9.10 Å². The molecule has 338 valence electrons. The van der Waals surface area contributed by atoms with Crippen molar-refractivity contribution < 1.29 is 40.9 Å². The fourth-order valence-electron chi connectivity index (χ4n) is 6.87. The first kappa shape index (κ1) is 46.9. The van der Waals surface area contributed by atoms with Gasteiger partial charge in [0, 0.05) is 43.0 Å². The Kier molecular flexibility index (Phi) is 14.2. The molecule has 4 aromatic carbocycles. The van der Waals surface area contributed by atoms with Crippen LogP contribution in [-0.4, -0.2) is 102 Å². The molecule has 0 saturated heterocycles. The Balaban J connectivity index is 1.61. The van der Waals surface area contributed by atoms with Gasteiger partial charge in [0.05, 0.1) is 33.4 Å². The van der Waals surface area contributed by atoms with Crippen molar-refractivity contribution in [3.63, 3.8) is 0 Å². The minimum atomic E-state index is -4.94. The lowest BCUT2D eigenvalue weighted by Crippen LogP contribution is -2.51. The maximum atomic E-state index is 15.9. The molecule has 6 aromatic rings. The van der Waals surface area contributed by atoms with Crippen LogP contribution >= 0.6 is 0 Å². The quantitative estimate of drug-likeness (QED) is 0.0912. The Hall–Kier alpha value is -6.61. The number of hydrogen-bond acceptors (Lipinski definition) is 13. The van der Waals surface area contributed by atoms with Crippen molar-refractivity contribution >= 4 is 32.0 Å². The van der Waals surface area contributed by atoms with Gasteiger partial charge in [0.15, 0.2) is 0 Å². The minimum Gasteiger partial charge on any atom is -0.497 e. The number of ether oxygens (including phenoxy) is 3. The summed E-state index contributed by atoms with van der Waals surface area (Å²) in [7, 11) is -5.17. The summed E-state index contributed by atoms with van der Waals surface area (Å²) in [5, 5.41) is 23.3. The van der Waals surface area contributed by atoms with Crippen LogP contribution in [0.25, 0.3) is 22.5 Å². The van der Waals surface area contributed by atoms with Crippen molar-refractivity contribution in [2.75, 3.05) is 33.6 Å². The van der Waals surface area contributed by atoms with Crippen molar-refractivity contribution in [1.29, 1.82) is 0 Å². The number of sulfonamides is 2. The summed E-state index contributed by atoms with van der Waals surface area (Å²) in [4.78, 5) is 17.6. The standard InChI is InChI=1S/C44H51N9O9S2/c1-29(25-52(43(54)55)44(2,3)4)49-63(56,57)38-22-21-37(33-14-23-39(45)46-24-33)40(42-47-50-53(48-42)28-32-12-19-36(62-7)20-13-32)41(38)64(58,59)51(26-30-8-15-34(60-5)16-9-30)27-31-10-17-35(61-6)18-11-31/h8-24,29,49H,25-28H2,1-7H3,(H2,45,46)(H,54,55)/t29-/m1/s1. The third kappa shape index (κ3) is 10.9. The van der Waals surface area contributed by atoms with E-state index < -0.39 is 47.5 Å². The first-order valence-electron chi connectivity index (χ1n) is 19.9. The summed E-state index contributed by atoms with van der Waals surface area (Å²) in [6.45, 7) is 5.96. The van der Waals surface area contributed by atoms with Gasteiger partial charge in [0.2, 0.25) is 25.9 Å². The Bertz CT molecular complexity index is 2730. The summed E-state index contributed by atoms with van der Waals surface area (Å²) in [6.07, 6.45) is 0.169. The lowest BCUT2D eigenvalue weighted by molar-refractivity contribution is 0.0960. The zero-order valence-electron chi connectivity index (χ0n) is 36.5. The molecule has 4 N–H and O–H groups in total. The Morgan fingerprint density at radius 1 is 0.797 bits per heavy atom. The molecule has 2 heterocycles. The van der Waals surface area contributed by atoms with Gasteiger partial charge < -0.3 is 30.0 Å². The molecule has 20 heteroatoms. The van der Waals surface area contributed by atoms with Crippen molar-refractivity contribution in [3.05, 3.63) is 120 Å². The van der Waals surface area contributed by atoms with Crippen LogP contribution in [0.15, 0.2) is 113 Å². The van der Waals surface area contributed by atoms with Gasteiger partial charge in [0.25, 0.3) is 0 Å². The van der Waals surface area contributed by atoms with E-state index in [1.54, 1.807) is 94.6 Å². The van der Waals surface area contributed by atoms with Crippen LogP contribution < -0.4 is 24.7 Å². The molecule has 2 aromatic heterocycles. The maximum absolute atomic E-state index is 15.9. The van der Waals surface area contributed by atoms with Crippen molar-refractivity contribution in [3.8, 4) is 39.8 Å². The van der Waals surface area contributed by atoms with Gasteiger partial charge in [0.1, 0.15) is 32.9 Å². The molecule has 0 unspecified atom stereocenters. The highest BCUT2D eigenvalue weighted by Crippen LogP contribution is 2.41. The number of nitrogens with one attached hydrogen (secondary N) is 1. The number of benzene rings is 4. The average Bonchev–Trinajstić information content (AvgIpc) is 3.73. The van der Waals surface area contributed by atoms with E-state index >= 15 is 8.42 Å². The third-order valence-corrected chi connectivity index (χ3v) is 13.8. The van der Waals surface area contributed by atoms with Gasteiger partial charge >= 0.3 is 6.09 Å². The van der Waals surface area contributed by atoms with E-state index in [1.807, 2.05) is 12.1 Å². The highest BCUT2D eigenvalue weighted by atomic mass is 32.2. The van der Waals surface area contributed by atoms with Crippen LogP contribution in [0.2, 0.25) is 0 Å². The number of amides is 1. The molecule has 0 saturated carbocycles. The molecule has 18 nitrogen and oxygen atoms in total. The zero-order chi connectivity index (χ0) is 46.4. The number of aromatic nitrogens is 5. The third-order valence-electron chi connectivity index (χ3n) is 10.2. The second-order valence-electron chi connectivity index (χ2n) is 15.8. The number of hydrogen-bond donors (Lipinski definition) is 3. The molecule has 0 bridgehead atoms. The summed E-state index contributed by atoms with van der Waals surface area (Å²) >= 11 is 0. The second-order valence-corrected chi connectivity index (χ2v) is 19.4. The van der Waals surface area contributed by atoms with Gasteiger partial charge in [-0.1, -0.05) is 42.5 Å². The Morgan fingerprint density at radius 3 is 1.80 bits per heavy atom. The van der Waals surface area contributed by atoms with Crippen molar-refractivity contribution in [2.45, 2.75) is 68.7 Å². The SMILES string of the molecule is COc1ccc(CN(Cc2ccc(OC)cc2)S(=O)(=O)c2c(S(=O)(=O)N[C@H](C)CN(C(=O)O)C(C)(C)C)ccc(-c3ccc(N)nc3)c2-c2nnn(Cc3ccc(OC)cc3)n2)cc1. The molecule has 0 spiro atoms. The van der Waals surface area contributed by atoms with Crippen molar-refractivity contribution in [1.82, 2.24) is 39.1 Å². The number of nitrogens with two attached hydrogens (primary N) is 1. The van der Waals surface area contributed by atoms with Crippen LogP contribution in [0.4, 0.5) is 10.6 Å². The molecule has 64 heavy (non-hydrogen) atoms. The average molecular weight is 914 g/mol. The normalized spacial score (nSPS) is 12.5. The van der Waals surface area contributed by atoms with Crippen molar-refractivity contribution in [2.24, 2.45) is 0 Å². The molecule has 1 atom stereocenters. The maximum Gasteiger partial charge on any atom is 0.407 e. The number of tetrazole rings is 1. The summed E-state index contributed by atoms with van der Waals surface area (Å²) < 4.78 is 81.3. The first-order chi connectivity index (χ1) is 30.3. The van der Waals surface area contributed by atoms with Crippen LogP contribution in [0, 0.1) is 0 Å². The van der Waals surface area contributed by atoms with Crippen LogP contribution in [0.3, 0.4) is 0 Å². The number of carbonyl (C=O) groups is 1. The van der Waals surface area contributed by atoms with Crippen LogP contribution in [0.5, 0.6) is 17.2 Å². The topological polar surface area (TPSA) is 234 Å². The number of nitrogens with zero attached hydrogens (tertiary/aromatic N) is 7. The smallest absolute Gasteiger partial charge is 0.407 e. The van der Waals surface area contributed by atoms with E-state index in [-0.39, 0.29) is 48.9 Å². The van der Waals surface area contributed by atoms with E-state index in [0.717, 1.165) is 14.8 Å². The number of carboxylic acid groups (broad SMARTS) is 1. The molecule has 1 amide bonds. The molecular formula is C44H51N9O9S2. The summed E-state index contributed by atoms with van der Waals surface area (Å²) in [5.41, 5.74) is 7.38. The molecule has 0 radical (unpaired) electrons. The minimum absolute atomic E-state index is 0.115. The number of nitrogen functional groups attached to an aromatic ring is 1. The largest absolute Gasteiger partial charge is 0.497 e. The van der Waals surface area contributed by atoms with Gasteiger partial charge in [-0.3, -0.25) is 0 Å². The lowest BCUT2D eigenvalue weighted by Gasteiger charge is -2.35. The van der Waals surface area contributed by atoms with E-state index in [9.17, 15) is 18.3 Å². The highest BCUT2D eigenvalue weighted by molar-refractivity contribution is 7.92. The highest BCUT2D eigenvalue weighted by Gasteiger charge is 2.39. The van der Waals surface area contributed by atoms with Crippen LogP contribution in [-0.2, 0) is 39.7 Å². The lowest BCUT2D eigenvalue weighted by atomic mass is 10.0. The van der Waals surface area contributed by atoms with Gasteiger partial charge in [-0.15, -0.1) is 10.2 Å². The second kappa shape index (κ2) is 19.4. The predicted molar refractivity (Wildman–Crippen MR) is 240 cm³/mol. The number of rotatable bonds is 18. The number of methoxy groups -OCH3 is 3. The van der Waals surface area contributed by atoms with Gasteiger partial charge in [-0.25, -0.2) is 31.3 Å².